The summed E-state index contributed by atoms with van der Waals surface area (Å²) in [6.07, 6.45) is 0. The lowest BCUT2D eigenvalue weighted by atomic mass is 10.2. The van der Waals surface area contributed by atoms with Crippen LogP contribution >= 0.6 is 23.4 Å². The van der Waals surface area contributed by atoms with E-state index < -0.39 is 0 Å². The molecule has 0 saturated carbocycles. The van der Waals surface area contributed by atoms with Crippen molar-refractivity contribution in [2.24, 2.45) is 0 Å². The van der Waals surface area contributed by atoms with Gasteiger partial charge in [0.25, 0.3) is 0 Å². The minimum atomic E-state index is 0.0580. The van der Waals surface area contributed by atoms with Crippen LogP contribution in [-0.4, -0.2) is 11.7 Å². The zero-order chi connectivity index (χ0) is 15.1. The molecule has 110 valence electrons. The van der Waals surface area contributed by atoms with Crippen molar-refractivity contribution in [2.75, 3.05) is 5.75 Å². The van der Waals surface area contributed by atoms with Gasteiger partial charge in [-0.2, -0.15) is 0 Å². The van der Waals surface area contributed by atoms with Crippen molar-refractivity contribution in [3.05, 3.63) is 70.2 Å². The van der Waals surface area contributed by atoms with E-state index in [1.54, 1.807) is 11.8 Å². The number of carbonyl (C=O) groups excluding carboxylic acids is 1. The van der Waals surface area contributed by atoms with E-state index in [2.05, 4.69) is 30.4 Å². The standard InChI is InChI=1S/C17H18ClNOS/c1-13-3-2-4-15(9-13)11-21-12-17(20)19-10-14-5-7-16(18)8-6-14/h2-9H,10-12H2,1H3,(H,19,20). The summed E-state index contributed by atoms with van der Waals surface area (Å²) >= 11 is 7.45. The van der Waals surface area contributed by atoms with Crippen LogP contribution in [0.4, 0.5) is 0 Å². The van der Waals surface area contributed by atoms with Gasteiger partial charge in [-0.1, -0.05) is 53.6 Å². The molecule has 0 spiro atoms. The Morgan fingerprint density at radius 3 is 2.62 bits per heavy atom. The first-order chi connectivity index (χ1) is 10.1. The molecule has 21 heavy (non-hydrogen) atoms. The smallest absolute Gasteiger partial charge is 0.230 e. The van der Waals surface area contributed by atoms with Gasteiger partial charge >= 0.3 is 0 Å². The molecular formula is C17H18ClNOS. The summed E-state index contributed by atoms with van der Waals surface area (Å²) < 4.78 is 0. The summed E-state index contributed by atoms with van der Waals surface area (Å²) in [6.45, 7) is 2.62. The molecule has 0 unspecified atom stereocenters. The minimum Gasteiger partial charge on any atom is -0.351 e. The monoisotopic (exact) mass is 319 g/mol. The molecule has 0 aliphatic carbocycles. The van der Waals surface area contributed by atoms with Gasteiger partial charge < -0.3 is 5.32 Å². The number of carbonyl (C=O) groups is 1. The van der Waals surface area contributed by atoms with Crippen LogP contribution < -0.4 is 5.32 Å². The fourth-order valence-electron chi connectivity index (χ4n) is 1.92. The largest absolute Gasteiger partial charge is 0.351 e. The second-order valence-electron chi connectivity index (χ2n) is 4.89. The Kier molecular flexibility index (Phi) is 6.15. The van der Waals surface area contributed by atoms with Crippen molar-refractivity contribution in [3.8, 4) is 0 Å². The van der Waals surface area contributed by atoms with Crippen LogP contribution in [0.3, 0.4) is 0 Å². The molecule has 2 aromatic carbocycles. The number of hydrogen-bond acceptors (Lipinski definition) is 2. The van der Waals surface area contributed by atoms with Gasteiger partial charge in [0, 0.05) is 17.3 Å². The summed E-state index contributed by atoms with van der Waals surface area (Å²) in [5.41, 5.74) is 3.56. The molecule has 1 amide bonds. The molecule has 0 fully saturated rings. The number of rotatable bonds is 6. The molecule has 0 aliphatic rings. The van der Waals surface area contributed by atoms with E-state index >= 15 is 0 Å². The Morgan fingerprint density at radius 1 is 1.14 bits per heavy atom. The van der Waals surface area contributed by atoms with E-state index in [0.717, 1.165) is 11.3 Å². The molecule has 2 rings (SSSR count). The molecule has 0 aromatic heterocycles. The van der Waals surface area contributed by atoms with E-state index in [9.17, 15) is 4.79 Å². The quantitative estimate of drug-likeness (QED) is 0.864. The zero-order valence-corrected chi connectivity index (χ0v) is 13.5. The third kappa shape index (κ3) is 5.82. The number of nitrogens with one attached hydrogen (secondary N) is 1. The van der Waals surface area contributed by atoms with E-state index in [1.165, 1.54) is 11.1 Å². The van der Waals surface area contributed by atoms with Crippen molar-refractivity contribution in [3.63, 3.8) is 0 Å². The first kappa shape index (κ1) is 15.9. The van der Waals surface area contributed by atoms with Gasteiger partial charge in [-0.15, -0.1) is 11.8 Å². The molecule has 0 aliphatic heterocycles. The first-order valence-corrected chi connectivity index (χ1v) is 8.31. The van der Waals surface area contributed by atoms with Gasteiger partial charge in [-0.05, 0) is 30.2 Å². The Morgan fingerprint density at radius 2 is 1.90 bits per heavy atom. The second kappa shape index (κ2) is 8.11. The molecule has 0 atom stereocenters. The molecule has 4 heteroatoms. The molecule has 2 aromatic rings. The van der Waals surface area contributed by atoms with Crippen LogP contribution in [0.1, 0.15) is 16.7 Å². The van der Waals surface area contributed by atoms with Gasteiger partial charge in [0.15, 0.2) is 0 Å². The van der Waals surface area contributed by atoms with E-state index in [4.69, 9.17) is 11.6 Å². The lowest BCUT2D eigenvalue weighted by Crippen LogP contribution is -2.24. The average molecular weight is 320 g/mol. The molecule has 0 radical (unpaired) electrons. The molecule has 1 N–H and O–H groups in total. The van der Waals surface area contributed by atoms with Gasteiger partial charge in [-0.25, -0.2) is 0 Å². The number of amides is 1. The Hall–Kier alpha value is -1.45. The second-order valence-corrected chi connectivity index (χ2v) is 6.31. The molecular weight excluding hydrogens is 302 g/mol. The van der Waals surface area contributed by atoms with Gasteiger partial charge in [0.2, 0.25) is 5.91 Å². The maximum Gasteiger partial charge on any atom is 0.230 e. The number of hydrogen-bond donors (Lipinski definition) is 1. The SMILES string of the molecule is Cc1cccc(CSCC(=O)NCc2ccc(Cl)cc2)c1. The average Bonchev–Trinajstić information content (AvgIpc) is 2.47. The molecule has 0 saturated heterocycles. The Bertz CT molecular complexity index is 598. The normalized spacial score (nSPS) is 10.4. The summed E-state index contributed by atoms with van der Waals surface area (Å²) in [5.74, 6) is 1.39. The lowest BCUT2D eigenvalue weighted by molar-refractivity contribution is -0.118. The van der Waals surface area contributed by atoms with E-state index in [1.807, 2.05) is 30.3 Å². The fraction of sp³-hybridized carbons (Fsp3) is 0.235. The molecule has 0 bridgehead atoms. The first-order valence-electron chi connectivity index (χ1n) is 6.78. The highest BCUT2D eigenvalue weighted by atomic mass is 35.5. The number of thioether (sulfide) groups is 1. The molecule has 2 nitrogen and oxygen atoms in total. The maximum atomic E-state index is 11.8. The van der Waals surface area contributed by atoms with Crippen LogP contribution in [0, 0.1) is 6.92 Å². The van der Waals surface area contributed by atoms with Crippen LogP contribution in [-0.2, 0) is 17.1 Å². The Labute approximate surface area is 134 Å². The zero-order valence-electron chi connectivity index (χ0n) is 11.9. The van der Waals surface area contributed by atoms with Gasteiger partial charge in [0.1, 0.15) is 0 Å². The molecule has 0 heterocycles. The lowest BCUT2D eigenvalue weighted by Gasteiger charge is -2.06. The van der Waals surface area contributed by atoms with E-state index in [-0.39, 0.29) is 5.91 Å². The number of benzene rings is 2. The predicted molar refractivity (Wildman–Crippen MR) is 90.6 cm³/mol. The van der Waals surface area contributed by atoms with E-state index in [0.29, 0.717) is 17.3 Å². The van der Waals surface area contributed by atoms with Crippen LogP contribution in [0.5, 0.6) is 0 Å². The highest BCUT2D eigenvalue weighted by Gasteiger charge is 2.02. The van der Waals surface area contributed by atoms with Crippen molar-refractivity contribution in [2.45, 2.75) is 19.2 Å². The minimum absolute atomic E-state index is 0.0580. The number of halogens is 1. The van der Waals surface area contributed by atoms with Crippen LogP contribution in [0.2, 0.25) is 5.02 Å². The third-order valence-electron chi connectivity index (χ3n) is 2.99. The van der Waals surface area contributed by atoms with Gasteiger partial charge in [0.05, 0.1) is 5.75 Å². The van der Waals surface area contributed by atoms with Crippen LogP contribution in [0.25, 0.3) is 0 Å². The summed E-state index contributed by atoms with van der Waals surface area (Å²) in [6, 6.07) is 15.9. The Balaban J connectivity index is 1.69. The topological polar surface area (TPSA) is 29.1 Å². The van der Waals surface area contributed by atoms with Crippen molar-refractivity contribution < 1.29 is 4.79 Å². The highest BCUT2D eigenvalue weighted by Crippen LogP contribution is 2.13. The van der Waals surface area contributed by atoms with Crippen molar-refractivity contribution >= 4 is 29.3 Å². The van der Waals surface area contributed by atoms with Gasteiger partial charge in [-0.3, -0.25) is 4.79 Å². The predicted octanol–water partition coefficient (Wildman–Crippen LogP) is 4.20. The van der Waals surface area contributed by atoms with Crippen molar-refractivity contribution in [1.29, 1.82) is 0 Å². The maximum absolute atomic E-state index is 11.8. The number of aryl methyl sites for hydroxylation is 1. The summed E-state index contributed by atoms with van der Waals surface area (Å²) in [5, 5.41) is 3.62. The highest BCUT2D eigenvalue weighted by molar-refractivity contribution is 7.99. The third-order valence-corrected chi connectivity index (χ3v) is 4.24. The fourth-order valence-corrected chi connectivity index (χ4v) is 2.85. The summed E-state index contributed by atoms with van der Waals surface area (Å²) in [7, 11) is 0. The van der Waals surface area contributed by atoms with Crippen LogP contribution in [0.15, 0.2) is 48.5 Å². The van der Waals surface area contributed by atoms with Crippen molar-refractivity contribution in [1.82, 2.24) is 5.32 Å². The summed E-state index contributed by atoms with van der Waals surface area (Å²) in [4.78, 5) is 11.8.